The van der Waals surface area contributed by atoms with Gasteiger partial charge in [0.25, 0.3) is 0 Å². The number of rotatable bonds is 2. The molecule has 0 radical (unpaired) electrons. The minimum absolute atomic E-state index is 0.181. The molecule has 4 nitrogen and oxygen atoms in total. The fraction of sp³-hybridized carbons (Fsp3) is 0.357. The van der Waals surface area contributed by atoms with Gasteiger partial charge in [-0.05, 0) is 24.1 Å². The lowest BCUT2D eigenvalue weighted by molar-refractivity contribution is -0.140. The predicted molar refractivity (Wildman–Crippen MR) is 71.5 cm³/mol. The van der Waals surface area contributed by atoms with Crippen LogP contribution in [0, 0.1) is 0 Å². The van der Waals surface area contributed by atoms with E-state index in [1.165, 1.54) is 0 Å². The second-order valence-corrected chi connectivity index (χ2v) is 4.86. The third-order valence-electron chi connectivity index (χ3n) is 3.54. The van der Waals surface area contributed by atoms with Crippen molar-refractivity contribution in [1.82, 2.24) is 9.55 Å². The molecule has 7 heteroatoms. The molecule has 1 aliphatic rings. The van der Waals surface area contributed by atoms with E-state index in [9.17, 15) is 13.2 Å². The molecule has 2 heterocycles. The highest BCUT2D eigenvalue weighted by Gasteiger charge is 2.36. The smallest absolute Gasteiger partial charge is 0.434 e. The number of nitrogens with one attached hydrogen (secondary N) is 1. The Morgan fingerprint density at radius 1 is 1.38 bits per heavy atom. The summed E-state index contributed by atoms with van der Waals surface area (Å²) in [6.07, 6.45) is -2.69. The van der Waals surface area contributed by atoms with Crippen molar-refractivity contribution in [2.75, 3.05) is 19.0 Å². The van der Waals surface area contributed by atoms with Crippen LogP contribution >= 0.6 is 0 Å². The number of hydrogen-bond acceptors (Lipinski definition) is 3. The zero-order valence-electron chi connectivity index (χ0n) is 11.3. The molecule has 0 saturated carbocycles. The van der Waals surface area contributed by atoms with Crippen LogP contribution in [0.5, 0.6) is 5.75 Å². The lowest BCUT2D eigenvalue weighted by Gasteiger charge is -2.26. The number of alkyl halides is 3. The number of fused-ring (bicyclic) bond motifs is 1. The maximum Gasteiger partial charge on any atom is 0.434 e. The van der Waals surface area contributed by atoms with Gasteiger partial charge in [0.2, 0.25) is 5.95 Å². The molecule has 0 fully saturated rings. The van der Waals surface area contributed by atoms with E-state index >= 15 is 0 Å². The lowest BCUT2D eigenvalue weighted by atomic mass is 10.0. The number of ether oxygens (including phenoxy) is 1. The fourth-order valence-corrected chi connectivity index (χ4v) is 2.53. The highest BCUT2D eigenvalue weighted by atomic mass is 19.4. The summed E-state index contributed by atoms with van der Waals surface area (Å²) in [6.45, 7) is 0.580. The Labute approximate surface area is 119 Å². The first-order valence-corrected chi connectivity index (χ1v) is 6.53. The van der Waals surface area contributed by atoms with Gasteiger partial charge in [-0.25, -0.2) is 4.98 Å². The fourth-order valence-electron chi connectivity index (χ4n) is 2.53. The highest BCUT2D eigenvalue weighted by molar-refractivity contribution is 5.38. The van der Waals surface area contributed by atoms with Gasteiger partial charge >= 0.3 is 6.18 Å². The van der Waals surface area contributed by atoms with Gasteiger partial charge < -0.3 is 14.6 Å². The Hall–Kier alpha value is -2.18. The van der Waals surface area contributed by atoms with Crippen LogP contribution in [-0.4, -0.2) is 23.2 Å². The molecule has 0 spiro atoms. The first-order chi connectivity index (χ1) is 9.99. The SMILES string of the molecule is COc1cccc(C2CCNc3nc(C(F)(F)F)cn32)c1. The van der Waals surface area contributed by atoms with Gasteiger partial charge in [0.1, 0.15) is 5.75 Å². The second kappa shape index (κ2) is 4.98. The van der Waals surface area contributed by atoms with Crippen molar-refractivity contribution in [3.63, 3.8) is 0 Å². The summed E-state index contributed by atoms with van der Waals surface area (Å²) in [5.74, 6) is 0.935. The van der Waals surface area contributed by atoms with E-state index in [1.807, 2.05) is 18.2 Å². The molecule has 0 aliphatic carbocycles. The third-order valence-corrected chi connectivity index (χ3v) is 3.54. The summed E-state index contributed by atoms with van der Waals surface area (Å²) in [5.41, 5.74) is 0.0306. The van der Waals surface area contributed by atoms with Crippen molar-refractivity contribution in [1.29, 1.82) is 0 Å². The molecule has 0 amide bonds. The van der Waals surface area contributed by atoms with Crippen molar-refractivity contribution in [3.05, 3.63) is 41.7 Å². The molecule has 1 N–H and O–H groups in total. The summed E-state index contributed by atoms with van der Waals surface area (Å²) in [4.78, 5) is 3.64. The topological polar surface area (TPSA) is 39.1 Å². The van der Waals surface area contributed by atoms with Crippen LogP contribution in [0.2, 0.25) is 0 Å². The zero-order valence-corrected chi connectivity index (χ0v) is 11.3. The maximum atomic E-state index is 12.8. The number of halogens is 3. The quantitative estimate of drug-likeness (QED) is 0.924. The normalized spacial score (nSPS) is 18.0. The van der Waals surface area contributed by atoms with Gasteiger partial charge in [-0.15, -0.1) is 0 Å². The standard InChI is InChI=1S/C14H14F3N3O/c1-21-10-4-2-3-9(7-10)11-5-6-18-13-19-12(8-20(11)13)14(15,16)17/h2-4,7-8,11H,5-6H2,1H3,(H,18,19). The van der Waals surface area contributed by atoms with E-state index in [2.05, 4.69) is 10.3 Å². The van der Waals surface area contributed by atoms with Crippen LogP contribution in [0.15, 0.2) is 30.5 Å². The maximum absolute atomic E-state index is 12.8. The number of methoxy groups -OCH3 is 1. The Balaban J connectivity index is 2.01. The van der Waals surface area contributed by atoms with E-state index in [0.29, 0.717) is 18.7 Å². The molecular formula is C14H14F3N3O. The monoisotopic (exact) mass is 297 g/mol. The molecule has 21 heavy (non-hydrogen) atoms. The van der Waals surface area contributed by atoms with Gasteiger partial charge in [-0.1, -0.05) is 12.1 Å². The Kier molecular flexibility index (Phi) is 3.27. The zero-order chi connectivity index (χ0) is 15.0. The molecule has 1 aliphatic heterocycles. The van der Waals surface area contributed by atoms with Crippen LogP contribution in [0.25, 0.3) is 0 Å². The van der Waals surface area contributed by atoms with Crippen LogP contribution in [0.4, 0.5) is 19.1 Å². The molecule has 1 unspecified atom stereocenters. The van der Waals surface area contributed by atoms with E-state index < -0.39 is 11.9 Å². The predicted octanol–water partition coefficient (Wildman–Crippen LogP) is 3.32. The minimum Gasteiger partial charge on any atom is -0.497 e. The summed E-state index contributed by atoms with van der Waals surface area (Å²) >= 11 is 0. The molecule has 2 aromatic rings. The van der Waals surface area contributed by atoms with E-state index in [0.717, 1.165) is 11.8 Å². The molecule has 0 saturated heterocycles. The van der Waals surface area contributed by atoms with Crippen LogP contribution in [0.3, 0.4) is 0 Å². The summed E-state index contributed by atoms with van der Waals surface area (Å²) in [6, 6.07) is 7.18. The third kappa shape index (κ3) is 2.55. The Morgan fingerprint density at radius 3 is 2.90 bits per heavy atom. The number of benzene rings is 1. The lowest BCUT2D eigenvalue weighted by Crippen LogP contribution is -2.23. The molecule has 1 aromatic heterocycles. The minimum atomic E-state index is -4.44. The molecule has 0 bridgehead atoms. The van der Waals surface area contributed by atoms with Crippen LogP contribution in [0.1, 0.15) is 23.7 Å². The number of nitrogens with zero attached hydrogens (tertiary/aromatic N) is 2. The average molecular weight is 297 g/mol. The number of aromatic nitrogens is 2. The first kappa shape index (κ1) is 13.8. The van der Waals surface area contributed by atoms with E-state index in [4.69, 9.17) is 4.74 Å². The molecule has 1 atom stereocenters. The second-order valence-electron chi connectivity index (χ2n) is 4.86. The van der Waals surface area contributed by atoms with Crippen molar-refractivity contribution >= 4 is 5.95 Å². The molecule has 1 aromatic carbocycles. The van der Waals surface area contributed by atoms with E-state index in [1.54, 1.807) is 17.7 Å². The van der Waals surface area contributed by atoms with Gasteiger partial charge in [-0.2, -0.15) is 13.2 Å². The molecule has 112 valence electrons. The van der Waals surface area contributed by atoms with Crippen LogP contribution < -0.4 is 10.1 Å². The van der Waals surface area contributed by atoms with Gasteiger partial charge in [-0.3, -0.25) is 0 Å². The van der Waals surface area contributed by atoms with Crippen molar-refractivity contribution in [3.8, 4) is 5.75 Å². The Morgan fingerprint density at radius 2 is 2.19 bits per heavy atom. The molecular weight excluding hydrogens is 283 g/mol. The number of anilines is 1. The largest absolute Gasteiger partial charge is 0.497 e. The summed E-state index contributed by atoms with van der Waals surface area (Å²) < 4.78 is 45.1. The van der Waals surface area contributed by atoms with E-state index in [-0.39, 0.29) is 12.0 Å². The van der Waals surface area contributed by atoms with Gasteiger partial charge in [0, 0.05) is 12.7 Å². The Bertz CT molecular complexity index is 651. The van der Waals surface area contributed by atoms with Crippen molar-refractivity contribution < 1.29 is 17.9 Å². The van der Waals surface area contributed by atoms with Crippen molar-refractivity contribution in [2.45, 2.75) is 18.6 Å². The van der Waals surface area contributed by atoms with Gasteiger partial charge in [0.05, 0.1) is 13.2 Å². The molecule has 3 rings (SSSR count). The highest BCUT2D eigenvalue weighted by Crippen LogP contribution is 2.35. The summed E-state index contributed by atoms with van der Waals surface area (Å²) in [7, 11) is 1.56. The summed E-state index contributed by atoms with van der Waals surface area (Å²) in [5, 5.41) is 2.90. The van der Waals surface area contributed by atoms with Gasteiger partial charge in [0.15, 0.2) is 5.69 Å². The average Bonchev–Trinajstić information content (AvgIpc) is 2.91. The van der Waals surface area contributed by atoms with Crippen LogP contribution in [-0.2, 0) is 6.18 Å². The van der Waals surface area contributed by atoms with Crippen molar-refractivity contribution in [2.24, 2.45) is 0 Å². The number of hydrogen-bond donors (Lipinski definition) is 1. The number of imidazole rings is 1. The first-order valence-electron chi connectivity index (χ1n) is 6.53.